The molecule has 152 valence electrons. The number of amides is 1. The molecular weight excluding hydrogens is 388 g/mol. The molecule has 0 aliphatic rings. The van der Waals surface area contributed by atoms with Gasteiger partial charge in [-0.3, -0.25) is 9.89 Å². The number of aromatic amines is 1. The van der Waals surface area contributed by atoms with E-state index in [1.807, 2.05) is 44.2 Å². The number of benzene rings is 2. The van der Waals surface area contributed by atoms with Crippen LogP contribution in [0.5, 0.6) is 0 Å². The molecule has 2 aromatic carbocycles. The zero-order valence-electron chi connectivity index (χ0n) is 16.6. The number of aromatic nitrogens is 2. The standard InChI is InChI=1S/C21H24N4O3S/c1-14(2)19-12-20(25-24-19)23-21(26)18-11-17(10-9-15(18)3)29(27,28)22-13-16-7-5-4-6-8-16/h4-12,14,22H,13H2,1-3H3,(H2,23,24,25,26). The van der Waals surface area contributed by atoms with Crippen LogP contribution in [0.3, 0.4) is 0 Å². The molecule has 3 rings (SSSR count). The van der Waals surface area contributed by atoms with Crippen LogP contribution < -0.4 is 10.0 Å². The maximum atomic E-state index is 12.7. The first-order chi connectivity index (χ1) is 13.8. The van der Waals surface area contributed by atoms with Crippen LogP contribution in [0.15, 0.2) is 59.5 Å². The number of hydrogen-bond acceptors (Lipinski definition) is 4. The third-order valence-electron chi connectivity index (χ3n) is 4.53. The molecule has 0 aliphatic heterocycles. The number of nitrogens with one attached hydrogen (secondary N) is 3. The highest BCUT2D eigenvalue weighted by molar-refractivity contribution is 7.89. The van der Waals surface area contributed by atoms with E-state index in [0.717, 1.165) is 11.3 Å². The van der Waals surface area contributed by atoms with Crippen molar-refractivity contribution in [1.29, 1.82) is 0 Å². The fourth-order valence-corrected chi connectivity index (χ4v) is 3.79. The minimum absolute atomic E-state index is 0.0362. The molecule has 0 bridgehead atoms. The number of rotatable bonds is 7. The summed E-state index contributed by atoms with van der Waals surface area (Å²) in [5, 5.41) is 9.67. The summed E-state index contributed by atoms with van der Waals surface area (Å²) in [6, 6.07) is 15.5. The molecule has 7 nitrogen and oxygen atoms in total. The summed E-state index contributed by atoms with van der Waals surface area (Å²) < 4.78 is 27.9. The van der Waals surface area contributed by atoms with Crippen LogP contribution in [0.25, 0.3) is 0 Å². The number of sulfonamides is 1. The average Bonchev–Trinajstić information content (AvgIpc) is 3.16. The van der Waals surface area contributed by atoms with Crippen molar-refractivity contribution in [2.24, 2.45) is 0 Å². The number of anilines is 1. The Bertz CT molecular complexity index is 1110. The monoisotopic (exact) mass is 412 g/mol. The predicted molar refractivity (Wildman–Crippen MR) is 112 cm³/mol. The minimum Gasteiger partial charge on any atom is -0.305 e. The van der Waals surface area contributed by atoms with Crippen LogP contribution >= 0.6 is 0 Å². The van der Waals surface area contributed by atoms with Crippen LogP contribution in [0, 0.1) is 6.92 Å². The Labute approximate surface area is 170 Å². The molecular formula is C21H24N4O3S. The van der Waals surface area contributed by atoms with Gasteiger partial charge in [0, 0.05) is 23.9 Å². The van der Waals surface area contributed by atoms with Crippen LogP contribution in [0.4, 0.5) is 5.82 Å². The first-order valence-electron chi connectivity index (χ1n) is 9.27. The molecule has 0 saturated heterocycles. The van der Waals surface area contributed by atoms with Crippen LogP contribution in [-0.2, 0) is 16.6 Å². The highest BCUT2D eigenvalue weighted by atomic mass is 32.2. The van der Waals surface area contributed by atoms with E-state index in [2.05, 4.69) is 20.2 Å². The molecule has 0 saturated carbocycles. The molecule has 8 heteroatoms. The van der Waals surface area contributed by atoms with Crippen LogP contribution in [-0.4, -0.2) is 24.5 Å². The minimum atomic E-state index is -3.76. The Balaban J connectivity index is 1.78. The molecule has 29 heavy (non-hydrogen) atoms. The SMILES string of the molecule is Cc1ccc(S(=O)(=O)NCc2ccccc2)cc1C(=O)Nc1cc(C(C)C)[nH]n1. The first-order valence-corrected chi connectivity index (χ1v) is 10.8. The average molecular weight is 413 g/mol. The molecule has 0 fully saturated rings. The quantitative estimate of drug-likeness (QED) is 0.552. The largest absolute Gasteiger partial charge is 0.305 e. The summed E-state index contributed by atoms with van der Waals surface area (Å²) in [4.78, 5) is 12.7. The number of hydrogen-bond donors (Lipinski definition) is 3. The van der Waals surface area contributed by atoms with Crippen molar-refractivity contribution >= 4 is 21.7 Å². The molecule has 3 aromatic rings. The number of nitrogens with zero attached hydrogens (tertiary/aromatic N) is 1. The Morgan fingerprint density at radius 1 is 1.10 bits per heavy atom. The van der Waals surface area contributed by atoms with E-state index in [1.54, 1.807) is 19.1 Å². The number of carbonyl (C=O) groups excluding carboxylic acids is 1. The van der Waals surface area contributed by atoms with Crippen molar-refractivity contribution in [1.82, 2.24) is 14.9 Å². The summed E-state index contributed by atoms with van der Waals surface area (Å²) >= 11 is 0. The molecule has 1 amide bonds. The Hall–Kier alpha value is -2.97. The molecule has 0 aliphatic carbocycles. The van der Waals surface area contributed by atoms with Gasteiger partial charge in [-0.2, -0.15) is 5.10 Å². The van der Waals surface area contributed by atoms with Crippen LogP contribution in [0.1, 0.15) is 46.9 Å². The molecule has 0 spiro atoms. The Kier molecular flexibility index (Phi) is 6.14. The van der Waals surface area contributed by atoms with Crippen molar-refractivity contribution in [2.75, 3.05) is 5.32 Å². The van der Waals surface area contributed by atoms with Gasteiger partial charge in [-0.25, -0.2) is 13.1 Å². The van der Waals surface area contributed by atoms with E-state index in [0.29, 0.717) is 11.4 Å². The van der Waals surface area contributed by atoms with Gasteiger partial charge in [-0.05, 0) is 36.1 Å². The van der Waals surface area contributed by atoms with Crippen molar-refractivity contribution in [2.45, 2.75) is 38.1 Å². The van der Waals surface area contributed by atoms with E-state index in [9.17, 15) is 13.2 Å². The van der Waals surface area contributed by atoms with Gasteiger partial charge in [0.25, 0.3) is 5.91 Å². The number of H-pyrrole nitrogens is 1. The topological polar surface area (TPSA) is 104 Å². The third kappa shape index (κ3) is 5.10. The van der Waals surface area contributed by atoms with E-state index in [4.69, 9.17) is 0 Å². The molecule has 0 atom stereocenters. The van der Waals surface area contributed by atoms with E-state index in [-0.39, 0.29) is 22.9 Å². The zero-order chi connectivity index (χ0) is 21.0. The molecule has 3 N–H and O–H groups in total. The maximum absolute atomic E-state index is 12.7. The lowest BCUT2D eigenvalue weighted by molar-refractivity contribution is 0.102. The fourth-order valence-electron chi connectivity index (χ4n) is 2.75. The lowest BCUT2D eigenvalue weighted by atomic mass is 10.1. The summed E-state index contributed by atoms with van der Waals surface area (Å²) in [7, 11) is -3.76. The van der Waals surface area contributed by atoms with Gasteiger partial charge in [0.2, 0.25) is 10.0 Å². The smallest absolute Gasteiger partial charge is 0.257 e. The van der Waals surface area contributed by atoms with Gasteiger partial charge >= 0.3 is 0 Å². The highest BCUT2D eigenvalue weighted by Gasteiger charge is 2.19. The Morgan fingerprint density at radius 2 is 1.83 bits per heavy atom. The van der Waals surface area contributed by atoms with Gasteiger partial charge in [0.05, 0.1) is 4.90 Å². The summed E-state index contributed by atoms with van der Waals surface area (Å²) in [5.74, 6) is 0.233. The highest BCUT2D eigenvalue weighted by Crippen LogP contribution is 2.19. The lowest BCUT2D eigenvalue weighted by Crippen LogP contribution is -2.24. The predicted octanol–water partition coefficient (Wildman–Crippen LogP) is 3.57. The Morgan fingerprint density at radius 3 is 2.48 bits per heavy atom. The van der Waals surface area contributed by atoms with E-state index < -0.39 is 15.9 Å². The van der Waals surface area contributed by atoms with E-state index in [1.165, 1.54) is 12.1 Å². The second kappa shape index (κ2) is 8.59. The van der Waals surface area contributed by atoms with Crippen molar-refractivity contribution in [3.8, 4) is 0 Å². The molecule has 1 heterocycles. The van der Waals surface area contributed by atoms with Crippen molar-refractivity contribution in [3.63, 3.8) is 0 Å². The molecule has 0 unspecified atom stereocenters. The summed E-state index contributed by atoms with van der Waals surface area (Å²) in [6.07, 6.45) is 0. The van der Waals surface area contributed by atoms with Crippen LogP contribution in [0.2, 0.25) is 0 Å². The normalized spacial score (nSPS) is 11.6. The summed E-state index contributed by atoms with van der Waals surface area (Å²) in [6.45, 7) is 5.96. The van der Waals surface area contributed by atoms with Gasteiger partial charge in [-0.1, -0.05) is 50.2 Å². The maximum Gasteiger partial charge on any atom is 0.257 e. The van der Waals surface area contributed by atoms with Gasteiger partial charge in [-0.15, -0.1) is 0 Å². The molecule has 1 aromatic heterocycles. The third-order valence-corrected chi connectivity index (χ3v) is 5.93. The van der Waals surface area contributed by atoms with Gasteiger partial charge < -0.3 is 5.32 Å². The summed E-state index contributed by atoms with van der Waals surface area (Å²) in [5.41, 5.74) is 2.70. The van der Waals surface area contributed by atoms with E-state index >= 15 is 0 Å². The van der Waals surface area contributed by atoms with Crippen molar-refractivity contribution in [3.05, 3.63) is 77.0 Å². The van der Waals surface area contributed by atoms with Gasteiger partial charge in [0.15, 0.2) is 5.82 Å². The lowest BCUT2D eigenvalue weighted by Gasteiger charge is -2.10. The van der Waals surface area contributed by atoms with Crippen molar-refractivity contribution < 1.29 is 13.2 Å². The number of carbonyl (C=O) groups is 1. The fraction of sp³-hybridized carbons (Fsp3) is 0.238. The first kappa shape index (κ1) is 20.8. The zero-order valence-corrected chi connectivity index (χ0v) is 17.4. The van der Waals surface area contributed by atoms with Gasteiger partial charge in [0.1, 0.15) is 0 Å². The second-order valence-corrected chi connectivity index (χ2v) is 8.87. The second-order valence-electron chi connectivity index (χ2n) is 7.10. The number of aryl methyl sites for hydroxylation is 1. The molecule has 0 radical (unpaired) electrons.